The third-order valence-corrected chi connectivity index (χ3v) is 5.00. The topological polar surface area (TPSA) is 91.4 Å². The van der Waals surface area contributed by atoms with Crippen LogP contribution in [0.25, 0.3) is 17.3 Å². The number of hydrogen-bond donors (Lipinski definition) is 1. The Balaban J connectivity index is 1.62. The Hall–Kier alpha value is -4.12. The number of methoxy groups -OCH3 is 1. The standard InChI is InChI=1S/C24H21F3N4O4/c1-15-8-9-16(13-19(15)24(25,26)27)22(32)28-17-5-3-6-18(14-17)31-21(20-7-4-10-34-20)29-23(30-31)35-12-11-33-2/h3-10,13-14H,11-12H2,1-2H3,(H,28,32). The van der Waals surface area contributed by atoms with Crippen LogP contribution >= 0.6 is 0 Å². The number of benzene rings is 2. The van der Waals surface area contributed by atoms with Crippen LogP contribution in [-0.4, -0.2) is 41.0 Å². The van der Waals surface area contributed by atoms with Gasteiger partial charge in [0.2, 0.25) is 5.82 Å². The fourth-order valence-corrected chi connectivity index (χ4v) is 3.30. The summed E-state index contributed by atoms with van der Waals surface area (Å²) in [7, 11) is 1.55. The van der Waals surface area contributed by atoms with Crippen molar-refractivity contribution < 1.29 is 31.9 Å². The molecule has 8 nitrogen and oxygen atoms in total. The van der Waals surface area contributed by atoms with Crippen LogP contribution in [0.3, 0.4) is 0 Å². The molecule has 2 heterocycles. The molecule has 35 heavy (non-hydrogen) atoms. The zero-order valence-electron chi connectivity index (χ0n) is 18.8. The van der Waals surface area contributed by atoms with Crippen LogP contribution in [0.4, 0.5) is 18.9 Å². The van der Waals surface area contributed by atoms with Crippen molar-refractivity contribution in [2.75, 3.05) is 25.6 Å². The smallest absolute Gasteiger partial charge is 0.416 e. The van der Waals surface area contributed by atoms with Gasteiger partial charge in [0.05, 0.1) is 24.1 Å². The summed E-state index contributed by atoms with van der Waals surface area (Å²) in [6.07, 6.45) is -3.06. The van der Waals surface area contributed by atoms with Gasteiger partial charge >= 0.3 is 12.2 Å². The van der Waals surface area contributed by atoms with Crippen molar-refractivity contribution in [1.82, 2.24) is 14.8 Å². The van der Waals surface area contributed by atoms with E-state index in [4.69, 9.17) is 13.9 Å². The van der Waals surface area contributed by atoms with Crippen molar-refractivity contribution >= 4 is 11.6 Å². The average molecular weight is 486 g/mol. The first-order valence-corrected chi connectivity index (χ1v) is 10.5. The van der Waals surface area contributed by atoms with Gasteiger partial charge in [-0.05, 0) is 55.0 Å². The fourth-order valence-electron chi connectivity index (χ4n) is 3.30. The highest BCUT2D eigenvalue weighted by Crippen LogP contribution is 2.32. The van der Waals surface area contributed by atoms with Crippen LogP contribution in [0.2, 0.25) is 0 Å². The van der Waals surface area contributed by atoms with E-state index < -0.39 is 17.6 Å². The number of anilines is 1. The van der Waals surface area contributed by atoms with Gasteiger partial charge in [0.15, 0.2) is 5.76 Å². The van der Waals surface area contributed by atoms with Crippen molar-refractivity contribution in [3.05, 3.63) is 77.6 Å². The molecule has 2 aromatic heterocycles. The molecule has 0 atom stereocenters. The second-order valence-electron chi connectivity index (χ2n) is 7.48. The van der Waals surface area contributed by atoms with E-state index in [1.54, 1.807) is 43.5 Å². The number of amides is 1. The van der Waals surface area contributed by atoms with Crippen LogP contribution in [0.15, 0.2) is 65.3 Å². The summed E-state index contributed by atoms with van der Waals surface area (Å²) in [5.74, 6) is 0.119. The largest absolute Gasteiger partial charge is 0.461 e. The number of furan rings is 1. The number of carbonyl (C=O) groups excluding carboxylic acids is 1. The average Bonchev–Trinajstić information content (AvgIpc) is 3.49. The lowest BCUT2D eigenvalue weighted by Crippen LogP contribution is -2.15. The fraction of sp³-hybridized carbons (Fsp3) is 0.208. The maximum atomic E-state index is 13.2. The molecule has 0 saturated carbocycles. The monoisotopic (exact) mass is 486 g/mol. The van der Waals surface area contributed by atoms with E-state index in [9.17, 15) is 18.0 Å². The Morgan fingerprint density at radius 2 is 1.94 bits per heavy atom. The molecule has 11 heteroatoms. The molecule has 0 fully saturated rings. The minimum Gasteiger partial charge on any atom is -0.461 e. The molecular formula is C24H21F3N4O4. The number of nitrogens with zero attached hydrogens (tertiary/aromatic N) is 3. The van der Waals surface area contributed by atoms with Crippen molar-refractivity contribution in [2.45, 2.75) is 13.1 Å². The maximum absolute atomic E-state index is 13.2. The molecule has 4 rings (SSSR count). The highest BCUT2D eigenvalue weighted by molar-refractivity contribution is 6.04. The van der Waals surface area contributed by atoms with Gasteiger partial charge in [0.25, 0.3) is 5.91 Å². The van der Waals surface area contributed by atoms with E-state index in [-0.39, 0.29) is 23.7 Å². The first-order chi connectivity index (χ1) is 16.8. The predicted octanol–water partition coefficient (Wildman–Crippen LogP) is 5.13. The zero-order chi connectivity index (χ0) is 25.0. The number of carbonyl (C=O) groups is 1. The summed E-state index contributed by atoms with van der Waals surface area (Å²) in [5.41, 5.74) is -0.0615. The van der Waals surface area contributed by atoms with Gasteiger partial charge in [-0.2, -0.15) is 18.2 Å². The summed E-state index contributed by atoms with van der Waals surface area (Å²) in [6, 6.07) is 13.6. The molecule has 1 N–H and O–H groups in total. The molecule has 0 spiro atoms. The summed E-state index contributed by atoms with van der Waals surface area (Å²) < 4.78 is 57.1. The first-order valence-electron chi connectivity index (χ1n) is 10.5. The van der Waals surface area contributed by atoms with Crippen molar-refractivity contribution in [2.24, 2.45) is 0 Å². The molecule has 1 amide bonds. The number of hydrogen-bond acceptors (Lipinski definition) is 6. The van der Waals surface area contributed by atoms with Crippen molar-refractivity contribution in [3.8, 4) is 23.3 Å². The van der Waals surface area contributed by atoms with Crippen LogP contribution in [0.5, 0.6) is 6.01 Å². The molecule has 182 valence electrons. The molecule has 4 aromatic rings. The number of alkyl halides is 3. The lowest BCUT2D eigenvalue weighted by Gasteiger charge is -2.13. The maximum Gasteiger partial charge on any atom is 0.416 e. The zero-order valence-corrected chi connectivity index (χ0v) is 18.8. The van der Waals surface area contributed by atoms with E-state index in [1.807, 2.05) is 0 Å². The van der Waals surface area contributed by atoms with E-state index in [0.29, 0.717) is 29.6 Å². The molecule has 0 radical (unpaired) electrons. The van der Waals surface area contributed by atoms with Gasteiger partial charge in [-0.1, -0.05) is 12.1 Å². The highest BCUT2D eigenvalue weighted by atomic mass is 19.4. The first kappa shape index (κ1) is 24.0. The Bertz CT molecular complexity index is 1320. The van der Waals surface area contributed by atoms with E-state index in [2.05, 4.69) is 15.4 Å². The number of ether oxygens (including phenoxy) is 2. The van der Waals surface area contributed by atoms with Crippen molar-refractivity contribution in [1.29, 1.82) is 0 Å². The molecule has 0 unspecified atom stereocenters. The predicted molar refractivity (Wildman–Crippen MR) is 121 cm³/mol. The Labute approximate surface area is 198 Å². The second kappa shape index (κ2) is 10.0. The number of halogens is 3. The normalized spacial score (nSPS) is 11.5. The molecule has 0 aliphatic heterocycles. The molecular weight excluding hydrogens is 465 g/mol. The van der Waals surface area contributed by atoms with E-state index >= 15 is 0 Å². The van der Waals surface area contributed by atoms with E-state index in [1.165, 1.54) is 30.0 Å². The van der Waals surface area contributed by atoms with Crippen LogP contribution in [0.1, 0.15) is 21.5 Å². The summed E-state index contributed by atoms with van der Waals surface area (Å²) >= 11 is 0. The third-order valence-electron chi connectivity index (χ3n) is 5.00. The quantitative estimate of drug-likeness (QED) is 0.347. The highest BCUT2D eigenvalue weighted by Gasteiger charge is 2.33. The lowest BCUT2D eigenvalue weighted by atomic mass is 10.0. The Kier molecular flexibility index (Phi) is 6.87. The number of aromatic nitrogens is 3. The minimum atomic E-state index is -4.56. The summed E-state index contributed by atoms with van der Waals surface area (Å²) in [6.45, 7) is 1.93. The number of nitrogens with one attached hydrogen (secondary N) is 1. The van der Waals surface area contributed by atoms with Crippen molar-refractivity contribution in [3.63, 3.8) is 0 Å². The van der Waals surface area contributed by atoms with Gasteiger partial charge in [0, 0.05) is 18.4 Å². The van der Waals surface area contributed by atoms with Gasteiger partial charge < -0.3 is 19.2 Å². The molecule has 0 bridgehead atoms. The Morgan fingerprint density at radius 3 is 2.66 bits per heavy atom. The van der Waals surface area contributed by atoms with Gasteiger partial charge in [-0.15, -0.1) is 5.10 Å². The molecule has 2 aromatic carbocycles. The summed E-state index contributed by atoms with van der Waals surface area (Å²) in [4.78, 5) is 17.1. The lowest BCUT2D eigenvalue weighted by molar-refractivity contribution is -0.138. The minimum absolute atomic E-state index is 0.0382. The van der Waals surface area contributed by atoms with Crippen LogP contribution < -0.4 is 10.1 Å². The summed E-state index contributed by atoms with van der Waals surface area (Å²) in [5, 5.41) is 7.00. The third kappa shape index (κ3) is 5.52. The van der Waals surface area contributed by atoms with Crippen LogP contribution in [0, 0.1) is 6.92 Å². The molecule has 0 aliphatic carbocycles. The van der Waals surface area contributed by atoms with E-state index in [0.717, 1.165) is 6.07 Å². The number of aryl methyl sites for hydroxylation is 1. The second-order valence-corrected chi connectivity index (χ2v) is 7.48. The Morgan fingerprint density at radius 1 is 1.11 bits per heavy atom. The van der Waals surface area contributed by atoms with Crippen LogP contribution in [-0.2, 0) is 10.9 Å². The van der Waals surface area contributed by atoms with Gasteiger partial charge in [-0.3, -0.25) is 4.79 Å². The molecule has 0 aliphatic rings. The van der Waals surface area contributed by atoms with Gasteiger partial charge in [-0.25, -0.2) is 4.68 Å². The number of rotatable bonds is 8. The molecule has 0 saturated heterocycles. The van der Waals surface area contributed by atoms with Gasteiger partial charge in [0.1, 0.15) is 6.61 Å². The SMILES string of the molecule is COCCOc1nc(-c2ccco2)n(-c2cccc(NC(=O)c3ccc(C)c(C(F)(F)F)c3)c2)n1.